The Bertz CT molecular complexity index is 1230. The van der Waals surface area contributed by atoms with Crippen molar-refractivity contribution in [2.24, 2.45) is 4.99 Å². The van der Waals surface area contributed by atoms with Crippen LogP contribution in [0.2, 0.25) is 0 Å². The van der Waals surface area contributed by atoms with Crippen molar-refractivity contribution in [3.63, 3.8) is 0 Å². The van der Waals surface area contributed by atoms with Gasteiger partial charge in [-0.3, -0.25) is 14.5 Å². The number of amides is 2. The molecule has 35 heavy (non-hydrogen) atoms. The number of nitrogens with zero attached hydrogens (tertiary/aromatic N) is 2. The summed E-state index contributed by atoms with van der Waals surface area (Å²) < 4.78 is 32.6. The van der Waals surface area contributed by atoms with Gasteiger partial charge in [0.05, 0.1) is 7.11 Å². The first-order valence-electron chi connectivity index (χ1n) is 10.9. The van der Waals surface area contributed by atoms with Crippen molar-refractivity contribution in [3.05, 3.63) is 90.0 Å². The molecule has 1 atom stereocenters. The van der Waals surface area contributed by atoms with Crippen LogP contribution in [0.25, 0.3) is 0 Å². The molecule has 0 bridgehead atoms. The summed E-state index contributed by atoms with van der Waals surface area (Å²) in [5.74, 6) is -0.794. The van der Waals surface area contributed by atoms with Crippen molar-refractivity contribution in [3.8, 4) is 5.75 Å². The number of hydrogen-bond acceptors (Lipinski definition) is 5. The van der Waals surface area contributed by atoms with Crippen LogP contribution in [0, 0.1) is 11.6 Å². The normalized spacial score (nSPS) is 16.5. The summed E-state index contributed by atoms with van der Waals surface area (Å²) in [6.07, 6.45) is 0.381. The van der Waals surface area contributed by atoms with Crippen molar-refractivity contribution in [2.45, 2.75) is 18.1 Å². The summed E-state index contributed by atoms with van der Waals surface area (Å²) in [5.41, 5.74) is 1.53. The third kappa shape index (κ3) is 6.24. The molecule has 0 aliphatic carbocycles. The molecule has 0 aromatic heterocycles. The quantitative estimate of drug-likeness (QED) is 0.468. The number of rotatable bonds is 8. The Balaban J connectivity index is 1.49. The van der Waals surface area contributed by atoms with Gasteiger partial charge in [-0.15, -0.1) is 0 Å². The lowest BCUT2D eigenvalue weighted by molar-refractivity contribution is -0.128. The first-order chi connectivity index (χ1) is 16.9. The fraction of sp³-hybridized carbons (Fsp3) is 0.192. The van der Waals surface area contributed by atoms with E-state index in [-0.39, 0.29) is 36.3 Å². The molecule has 1 fully saturated rings. The molecule has 1 saturated heterocycles. The highest BCUT2D eigenvalue weighted by Crippen LogP contribution is 2.33. The van der Waals surface area contributed by atoms with Crippen molar-refractivity contribution >= 4 is 40.1 Å². The molecule has 3 aromatic rings. The van der Waals surface area contributed by atoms with E-state index in [2.05, 4.69) is 10.3 Å². The molecule has 6 nitrogen and oxygen atoms in total. The second-order valence-electron chi connectivity index (χ2n) is 7.80. The molecule has 1 N–H and O–H groups in total. The van der Waals surface area contributed by atoms with Gasteiger partial charge in [0.25, 0.3) is 0 Å². The van der Waals surface area contributed by atoms with Gasteiger partial charge < -0.3 is 10.1 Å². The Morgan fingerprint density at radius 1 is 1.06 bits per heavy atom. The van der Waals surface area contributed by atoms with Gasteiger partial charge in [0.15, 0.2) is 5.17 Å². The highest BCUT2D eigenvalue weighted by molar-refractivity contribution is 8.15. The third-order valence-electron chi connectivity index (χ3n) is 5.37. The summed E-state index contributed by atoms with van der Waals surface area (Å²) in [7, 11) is 1.55. The Morgan fingerprint density at radius 2 is 1.77 bits per heavy atom. The Hall–Kier alpha value is -3.72. The Kier molecular flexibility index (Phi) is 7.77. The molecule has 0 spiro atoms. The number of ether oxygens (including phenoxy) is 1. The van der Waals surface area contributed by atoms with E-state index in [0.29, 0.717) is 23.0 Å². The van der Waals surface area contributed by atoms with Crippen LogP contribution in [0.15, 0.2) is 77.8 Å². The minimum absolute atomic E-state index is 0.0706. The molecular weight excluding hydrogens is 472 g/mol. The number of carbonyl (C=O) groups excluding carboxylic acids is 2. The molecule has 0 radical (unpaired) electrons. The summed E-state index contributed by atoms with van der Waals surface area (Å²) in [4.78, 5) is 31.7. The number of aliphatic imine (C=N–C) groups is 1. The van der Waals surface area contributed by atoms with Gasteiger partial charge in [-0.1, -0.05) is 36.0 Å². The van der Waals surface area contributed by atoms with E-state index in [1.165, 1.54) is 29.2 Å². The van der Waals surface area contributed by atoms with Gasteiger partial charge in [0.2, 0.25) is 11.8 Å². The van der Waals surface area contributed by atoms with E-state index in [0.717, 1.165) is 17.3 Å². The smallest absolute Gasteiger partial charge is 0.242 e. The number of halogens is 2. The summed E-state index contributed by atoms with van der Waals surface area (Å²) in [6, 6.07) is 18.9. The predicted molar refractivity (Wildman–Crippen MR) is 133 cm³/mol. The monoisotopic (exact) mass is 495 g/mol. The van der Waals surface area contributed by atoms with Crippen LogP contribution in [0.3, 0.4) is 0 Å². The maximum absolute atomic E-state index is 14.2. The second kappa shape index (κ2) is 11.1. The number of carbonyl (C=O) groups is 2. The molecule has 1 heterocycles. The van der Waals surface area contributed by atoms with Crippen molar-refractivity contribution in [1.29, 1.82) is 0 Å². The van der Waals surface area contributed by atoms with Crippen molar-refractivity contribution in [2.75, 3.05) is 19.0 Å². The van der Waals surface area contributed by atoms with E-state index < -0.39 is 11.1 Å². The number of benzene rings is 3. The fourth-order valence-corrected chi connectivity index (χ4v) is 4.70. The Labute approximate surface area is 206 Å². The summed E-state index contributed by atoms with van der Waals surface area (Å²) in [6.45, 7) is 0.265. The van der Waals surface area contributed by atoms with E-state index in [1.807, 2.05) is 0 Å². The molecule has 4 rings (SSSR count). The van der Waals surface area contributed by atoms with Crippen molar-refractivity contribution in [1.82, 2.24) is 4.90 Å². The topological polar surface area (TPSA) is 71.0 Å². The van der Waals surface area contributed by atoms with Crippen LogP contribution in [-0.2, 0) is 16.0 Å². The predicted octanol–water partition coefficient (Wildman–Crippen LogP) is 5.18. The van der Waals surface area contributed by atoms with Crippen LogP contribution < -0.4 is 10.1 Å². The highest BCUT2D eigenvalue weighted by Gasteiger charge is 2.39. The van der Waals surface area contributed by atoms with E-state index >= 15 is 0 Å². The molecule has 2 amide bonds. The number of thioether (sulfide) groups is 1. The molecule has 1 aliphatic rings. The van der Waals surface area contributed by atoms with Crippen LogP contribution in [0.5, 0.6) is 5.75 Å². The van der Waals surface area contributed by atoms with E-state index in [4.69, 9.17) is 4.74 Å². The first-order valence-corrected chi connectivity index (χ1v) is 11.8. The zero-order valence-corrected chi connectivity index (χ0v) is 19.7. The van der Waals surface area contributed by atoms with Gasteiger partial charge in [0, 0.05) is 18.7 Å². The van der Waals surface area contributed by atoms with Crippen LogP contribution in [-0.4, -0.2) is 40.8 Å². The number of anilines is 1. The largest absolute Gasteiger partial charge is 0.497 e. The van der Waals surface area contributed by atoms with Gasteiger partial charge in [-0.25, -0.2) is 13.8 Å². The summed E-state index contributed by atoms with van der Waals surface area (Å²) >= 11 is 1.13. The molecule has 9 heteroatoms. The minimum Gasteiger partial charge on any atom is -0.497 e. The molecule has 180 valence electrons. The molecule has 0 saturated carbocycles. The minimum atomic E-state index is -0.702. The molecule has 3 aromatic carbocycles. The number of hydrogen-bond donors (Lipinski definition) is 1. The lowest BCUT2D eigenvalue weighted by atomic mass is 10.1. The number of amidine groups is 1. The number of para-hydroxylation sites is 1. The fourth-order valence-electron chi connectivity index (χ4n) is 3.52. The standard InChI is InChI=1S/C26H23F2N3O3S/c1-34-20-12-10-19(11-13-20)29-24(32)16-23-25(33)31(15-14-17-6-8-18(27)9-7-17)26(35-23)30-22-5-3-2-4-21(22)28/h2-13,23H,14-16H2,1H3,(H,29,32)/t23-/m1/s1. The van der Waals surface area contributed by atoms with Gasteiger partial charge in [-0.2, -0.15) is 0 Å². The van der Waals surface area contributed by atoms with Crippen LogP contribution >= 0.6 is 11.8 Å². The lowest BCUT2D eigenvalue weighted by Crippen LogP contribution is -2.35. The maximum Gasteiger partial charge on any atom is 0.242 e. The average molecular weight is 496 g/mol. The third-order valence-corrected chi connectivity index (χ3v) is 6.55. The highest BCUT2D eigenvalue weighted by atomic mass is 32.2. The zero-order chi connectivity index (χ0) is 24.8. The molecule has 1 aliphatic heterocycles. The first kappa shape index (κ1) is 24.4. The van der Waals surface area contributed by atoms with Gasteiger partial charge >= 0.3 is 0 Å². The summed E-state index contributed by atoms with van der Waals surface area (Å²) in [5, 5.41) is 2.40. The van der Waals surface area contributed by atoms with Crippen molar-refractivity contribution < 1.29 is 23.1 Å². The van der Waals surface area contributed by atoms with E-state index in [9.17, 15) is 18.4 Å². The second-order valence-corrected chi connectivity index (χ2v) is 8.97. The number of methoxy groups -OCH3 is 1. The Morgan fingerprint density at radius 3 is 2.46 bits per heavy atom. The van der Waals surface area contributed by atoms with E-state index in [1.54, 1.807) is 55.6 Å². The number of nitrogens with one attached hydrogen (secondary N) is 1. The van der Waals surface area contributed by atoms with Crippen LogP contribution in [0.1, 0.15) is 12.0 Å². The van der Waals surface area contributed by atoms with Gasteiger partial charge in [-0.05, 0) is 60.5 Å². The lowest BCUT2D eigenvalue weighted by Gasteiger charge is -2.16. The van der Waals surface area contributed by atoms with Gasteiger partial charge in [0.1, 0.15) is 28.3 Å². The van der Waals surface area contributed by atoms with Crippen LogP contribution in [0.4, 0.5) is 20.2 Å². The SMILES string of the molecule is COc1ccc(NC(=O)C[C@H]2SC(=Nc3ccccc3F)N(CCc3ccc(F)cc3)C2=O)cc1. The zero-order valence-electron chi connectivity index (χ0n) is 18.9. The average Bonchev–Trinajstić information content (AvgIpc) is 3.14. The maximum atomic E-state index is 14.2. The molecular formula is C26H23F2N3O3S. The molecule has 0 unspecified atom stereocenters.